The molecule has 2 aromatic carbocycles. The van der Waals surface area contributed by atoms with E-state index in [4.69, 9.17) is 0 Å². The van der Waals surface area contributed by atoms with Crippen LogP contribution in [-0.4, -0.2) is 20.3 Å². The molecule has 0 saturated heterocycles. The Morgan fingerprint density at radius 3 is 2.41 bits per heavy atom. The number of benzene rings is 2. The number of aliphatic hydroxyl groups is 1. The summed E-state index contributed by atoms with van der Waals surface area (Å²) in [7, 11) is 0. The van der Waals surface area contributed by atoms with Crippen LogP contribution in [0.2, 0.25) is 0 Å². The Labute approximate surface area is 161 Å². The van der Waals surface area contributed by atoms with Crippen molar-refractivity contribution in [3.8, 4) is 11.1 Å². The lowest BCUT2D eigenvalue weighted by Gasteiger charge is -2.41. The summed E-state index contributed by atoms with van der Waals surface area (Å²) in [5.41, 5.74) is 2.93. The maximum absolute atomic E-state index is 11.7. The van der Waals surface area contributed by atoms with Gasteiger partial charge in [-0.2, -0.15) is 0 Å². The molecular weight excluding hydrogens is 332 g/mol. The van der Waals surface area contributed by atoms with Crippen molar-refractivity contribution in [2.24, 2.45) is 11.3 Å². The topological polar surface area (TPSA) is 38.0 Å². The van der Waals surface area contributed by atoms with Crippen LogP contribution in [0.15, 0.2) is 73.3 Å². The second-order valence-corrected chi connectivity index (χ2v) is 8.55. The predicted molar refractivity (Wildman–Crippen MR) is 109 cm³/mol. The molecule has 3 nitrogen and oxygen atoms in total. The van der Waals surface area contributed by atoms with E-state index in [-0.39, 0.29) is 11.3 Å². The summed E-state index contributed by atoms with van der Waals surface area (Å²) < 4.78 is 2.01. The lowest BCUT2D eigenvalue weighted by molar-refractivity contribution is -0.0885. The third-order valence-electron chi connectivity index (χ3n) is 6.49. The van der Waals surface area contributed by atoms with Crippen LogP contribution in [-0.2, 0) is 13.0 Å². The first kappa shape index (κ1) is 18.0. The molecule has 27 heavy (non-hydrogen) atoms. The van der Waals surface area contributed by atoms with Gasteiger partial charge in [0.1, 0.15) is 0 Å². The molecule has 1 aliphatic carbocycles. The van der Waals surface area contributed by atoms with E-state index in [1.165, 1.54) is 16.7 Å². The molecule has 2 atom stereocenters. The van der Waals surface area contributed by atoms with Gasteiger partial charge in [0.2, 0.25) is 0 Å². The van der Waals surface area contributed by atoms with Gasteiger partial charge in [-0.05, 0) is 47.3 Å². The van der Waals surface area contributed by atoms with Crippen LogP contribution in [0.1, 0.15) is 32.3 Å². The molecule has 0 unspecified atom stereocenters. The van der Waals surface area contributed by atoms with Gasteiger partial charge < -0.3 is 9.67 Å². The fourth-order valence-corrected chi connectivity index (χ4v) is 4.56. The normalized spacial score (nSPS) is 24.2. The molecule has 1 fully saturated rings. The van der Waals surface area contributed by atoms with Gasteiger partial charge in [-0.15, -0.1) is 0 Å². The fourth-order valence-electron chi connectivity index (χ4n) is 4.56. The summed E-state index contributed by atoms with van der Waals surface area (Å²) in [6.07, 6.45) is 8.53. The smallest absolute Gasteiger partial charge is 0.0946 e. The first-order valence-electron chi connectivity index (χ1n) is 9.80. The zero-order chi connectivity index (χ0) is 18.9. The van der Waals surface area contributed by atoms with E-state index in [0.29, 0.717) is 6.54 Å². The van der Waals surface area contributed by atoms with E-state index in [2.05, 4.69) is 67.4 Å². The maximum Gasteiger partial charge on any atom is 0.0946 e. The Hall–Kier alpha value is -2.39. The van der Waals surface area contributed by atoms with Crippen molar-refractivity contribution in [3.05, 3.63) is 78.9 Å². The number of imidazole rings is 1. The highest BCUT2D eigenvalue weighted by Crippen LogP contribution is 2.51. The van der Waals surface area contributed by atoms with Crippen LogP contribution in [0.5, 0.6) is 0 Å². The summed E-state index contributed by atoms with van der Waals surface area (Å²) >= 11 is 0. The Morgan fingerprint density at radius 1 is 1.04 bits per heavy atom. The van der Waals surface area contributed by atoms with Crippen LogP contribution < -0.4 is 0 Å². The second kappa shape index (κ2) is 6.97. The van der Waals surface area contributed by atoms with Gasteiger partial charge in [0.05, 0.1) is 18.5 Å². The maximum atomic E-state index is 11.7. The molecular formula is C24H28N2O. The quantitative estimate of drug-likeness (QED) is 0.698. The van der Waals surface area contributed by atoms with Crippen molar-refractivity contribution in [2.75, 3.05) is 0 Å². The van der Waals surface area contributed by atoms with E-state index >= 15 is 0 Å². The van der Waals surface area contributed by atoms with Crippen molar-refractivity contribution >= 4 is 0 Å². The van der Waals surface area contributed by atoms with E-state index in [9.17, 15) is 5.11 Å². The number of hydrogen-bond donors (Lipinski definition) is 1. The van der Waals surface area contributed by atoms with E-state index in [0.717, 1.165) is 19.3 Å². The first-order chi connectivity index (χ1) is 13.0. The standard InChI is InChI=1S/C24H28N2O/c1-23(2)13-12-22(24(23,27)17-26-15-14-25-18-26)16-19-8-10-21(11-9-19)20-6-4-3-5-7-20/h3-11,14-15,18,22,27H,12-13,16-17H2,1-2H3/t22-,24-/m1/s1. The van der Waals surface area contributed by atoms with Gasteiger partial charge in [-0.3, -0.25) is 0 Å². The summed E-state index contributed by atoms with van der Waals surface area (Å²) in [6.45, 7) is 5.00. The monoisotopic (exact) mass is 360 g/mol. The third kappa shape index (κ3) is 3.44. The zero-order valence-electron chi connectivity index (χ0n) is 16.2. The van der Waals surface area contributed by atoms with Crippen molar-refractivity contribution in [2.45, 2.75) is 45.3 Å². The molecule has 1 saturated carbocycles. The Kier molecular flexibility index (Phi) is 4.65. The molecule has 140 valence electrons. The van der Waals surface area contributed by atoms with E-state index in [1.807, 2.05) is 16.8 Å². The van der Waals surface area contributed by atoms with Crippen LogP contribution in [0.25, 0.3) is 11.1 Å². The highest BCUT2D eigenvalue weighted by molar-refractivity contribution is 5.63. The Balaban J connectivity index is 1.54. The van der Waals surface area contributed by atoms with Crippen LogP contribution >= 0.6 is 0 Å². The van der Waals surface area contributed by atoms with Crippen LogP contribution in [0, 0.1) is 11.3 Å². The highest BCUT2D eigenvalue weighted by Gasteiger charge is 2.53. The number of nitrogens with zero attached hydrogens (tertiary/aromatic N) is 2. The van der Waals surface area contributed by atoms with Crippen molar-refractivity contribution in [1.82, 2.24) is 9.55 Å². The lowest BCUT2D eigenvalue weighted by Crippen LogP contribution is -2.49. The SMILES string of the molecule is CC1(C)CC[C@H](Cc2ccc(-c3ccccc3)cc2)[C@]1(O)Cn1ccnc1. The van der Waals surface area contributed by atoms with E-state index < -0.39 is 5.60 Å². The van der Waals surface area contributed by atoms with Crippen LogP contribution in [0.3, 0.4) is 0 Å². The number of hydrogen-bond acceptors (Lipinski definition) is 2. The molecule has 1 heterocycles. The molecule has 0 radical (unpaired) electrons. The van der Waals surface area contributed by atoms with Gasteiger partial charge in [0.15, 0.2) is 0 Å². The van der Waals surface area contributed by atoms with Gasteiger partial charge in [-0.25, -0.2) is 4.98 Å². The minimum absolute atomic E-state index is 0.105. The Bertz CT molecular complexity index is 869. The average Bonchev–Trinajstić information content (AvgIpc) is 3.25. The van der Waals surface area contributed by atoms with Gasteiger partial charge >= 0.3 is 0 Å². The molecule has 0 spiro atoms. The molecule has 1 aliphatic rings. The fraction of sp³-hybridized carbons (Fsp3) is 0.375. The van der Waals surface area contributed by atoms with E-state index in [1.54, 1.807) is 12.5 Å². The summed E-state index contributed by atoms with van der Waals surface area (Å²) in [5.74, 6) is 0.248. The number of aromatic nitrogens is 2. The second-order valence-electron chi connectivity index (χ2n) is 8.55. The lowest BCUT2D eigenvalue weighted by atomic mass is 9.72. The number of rotatable bonds is 5. The van der Waals surface area contributed by atoms with Crippen molar-refractivity contribution in [1.29, 1.82) is 0 Å². The third-order valence-corrected chi connectivity index (χ3v) is 6.49. The largest absolute Gasteiger partial charge is 0.387 e. The summed E-state index contributed by atoms with van der Waals surface area (Å²) in [6, 6.07) is 19.3. The summed E-state index contributed by atoms with van der Waals surface area (Å²) in [5, 5.41) is 11.7. The molecule has 3 aromatic rings. The molecule has 0 bridgehead atoms. The van der Waals surface area contributed by atoms with Crippen molar-refractivity contribution < 1.29 is 5.11 Å². The Morgan fingerprint density at radius 2 is 1.74 bits per heavy atom. The van der Waals surface area contributed by atoms with Gasteiger partial charge in [-0.1, -0.05) is 68.4 Å². The van der Waals surface area contributed by atoms with Crippen LogP contribution in [0.4, 0.5) is 0 Å². The minimum atomic E-state index is -0.730. The zero-order valence-corrected chi connectivity index (χ0v) is 16.2. The average molecular weight is 361 g/mol. The molecule has 0 aliphatic heterocycles. The highest BCUT2D eigenvalue weighted by atomic mass is 16.3. The molecule has 1 aromatic heterocycles. The predicted octanol–water partition coefficient (Wildman–Crippen LogP) is 4.96. The minimum Gasteiger partial charge on any atom is -0.387 e. The van der Waals surface area contributed by atoms with Gasteiger partial charge in [0.25, 0.3) is 0 Å². The molecule has 3 heteroatoms. The first-order valence-corrected chi connectivity index (χ1v) is 9.80. The molecule has 0 amide bonds. The van der Waals surface area contributed by atoms with Gasteiger partial charge in [0, 0.05) is 12.4 Å². The van der Waals surface area contributed by atoms with Crippen molar-refractivity contribution in [3.63, 3.8) is 0 Å². The molecule has 1 N–H and O–H groups in total. The molecule has 4 rings (SSSR count). The summed E-state index contributed by atoms with van der Waals surface area (Å²) in [4.78, 5) is 4.14.